The van der Waals surface area contributed by atoms with Crippen LogP contribution < -0.4 is 5.48 Å². The van der Waals surface area contributed by atoms with Gasteiger partial charge in [0.15, 0.2) is 0 Å². The molecule has 0 saturated heterocycles. The summed E-state index contributed by atoms with van der Waals surface area (Å²) in [6.45, 7) is 0. The van der Waals surface area contributed by atoms with E-state index in [2.05, 4.69) is 20.7 Å². The fourth-order valence-corrected chi connectivity index (χ4v) is 2.74. The second kappa shape index (κ2) is 6.76. The standard InChI is InChI=1S/C16H15ClN4O2/c1-18-23-15(22)8-12(11-3-2-6-19-9-11)10-4-5-14-13(7-10)16(17)21-20-14/h2-7,9,12,18H,8H2,1H3,(H,20,21). The van der Waals surface area contributed by atoms with Crippen LogP contribution in [-0.4, -0.2) is 28.2 Å². The van der Waals surface area contributed by atoms with Crippen LogP contribution in [0.5, 0.6) is 0 Å². The van der Waals surface area contributed by atoms with Crippen molar-refractivity contribution >= 4 is 28.5 Å². The first kappa shape index (κ1) is 15.5. The Balaban J connectivity index is 2.01. The Bertz CT molecular complexity index is 819. The van der Waals surface area contributed by atoms with E-state index in [-0.39, 0.29) is 18.3 Å². The number of nitrogens with one attached hydrogen (secondary N) is 2. The number of benzene rings is 1. The molecule has 0 bridgehead atoms. The second-order valence-corrected chi connectivity index (χ2v) is 5.41. The molecule has 3 aromatic rings. The molecular formula is C16H15ClN4O2. The van der Waals surface area contributed by atoms with E-state index in [1.165, 1.54) is 0 Å². The normalized spacial score (nSPS) is 12.3. The third-order valence-corrected chi connectivity index (χ3v) is 3.90. The summed E-state index contributed by atoms with van der Waals surface area (Å²) in [6, 6.07) is 9.52. The van der Waals surface area contributed by atoms with E-state index in [0.717, 1.165) is 22.0 Å². The van der Waals surface area contributed by atoms with Crippen molar-refractivity contribution in [3.63, 3.8) is 0 Å². The molecule has 0 spiro atoms. The molecule has 0 radical (unpaired) electrons. The first-order chi connectivity index (χ1) is 11.2. The zero-order valence-corrected chi connectivity index (χ0v) is 13.2. The minimum Gasteiger partial charge on any atom is -0.371 e. The van der Waals surface area contributed by atoms with Crippen molar-refractivity contribution in [1.29, 1.82) is 0 Å². The summed E-state index contributed by atoms with van der Waals surface area (Å²) in [4.78, 5) is 20.9. The minimum atomic E-state index is -0.347. The molecule has 118 valence electrons. The third-order valence-electron chi connectivity index (χ3n) is 3.61. The molecular weight excluding hydrogens is 316 g/mol. The van der Waals surface area contributed by atoms with Crippen molar-refractivity contribution in [2.45, 2.75) is 12.3 Å². The fourth-order valence-electron chi connectivity index (χ4n) is 2.55. The van der Waals surface area contributed by atoms with Gasteiger partial charge in [0.05, 0.1) is 11.9 Å². The number of aromatic amines is 1. The monoisotopic (exact) mass is 330 g/mol. The summed E-state index contributed by atoms with van der Waals surface area (Å²) in [7, 11) is 1.55. The number of carbonyl (C=O) groups is 1. The molecule has 2 aromatic heterocycles. The number of pyridine rings is 1. The number of hydrogen-bond acceptors (Lipinski definition) is 5. The number of rotatable bonds is 5. The van der Waals surface area contributed by atoms with Gasteiger partial charge in [-0.15, -0.1) is 0 Å². The lowest BCUT2D eigenvalue weighted by Crippen LogP contribution is -2.18. The number of halogens is 1. The highest BCUT2D eigenvalue weighted by molar-refractivity contribution is 6.34. The lowest BCUT2D eigenvalue weighted by atomic mass is 9.89. The minimum absolute atomic E-state index is 0.181. The van der Waals surface area contributed by atoms with Gasteiger partial charge < -0.3 is 4.84 Å². The first-order valence-corrected chi connectivity index (χ1v) is 7.46. The van der Waals surface area contributed by atoms with E-state index in [1.807, 2.05) is 30.3 Å². The van der Waals surface area contributed by atoms with Gasteiger partial charge >= 0.3 is 5.97 Å². The first-order valence-electron chi connectivity index (χ1n) is 7.09. The van der Waals surface area contributed by atoms with E-state index in [9.17, 15) is 4.79 Å². The average Bonchev–Trinajstić information content (AvgIpc) is 2.94. The summed E-state index contributed by atoms with van der Waals surface area (Å²) in [6.07, 6.45) is 3.63. The molecule has 0 saturated carbocycles. The van der Waals surface area contributed by atoms with Crippen molar-refractivity contribution in [3.05, 3.63) is 59.0 Å². The van der Waals surface area contributed by atoms with Crippen molar-refractivity contribution in [2.75, 3.05) is 7.05 Å². The Morgan fingerprint density at radius 3 is 3.00 bits per heavy atom. The predicted molar refractivity (Wildman–Crippen MR) is 87.0 cm³/mol. The summed E-state index contributed by atoms with van der Waals surface area (Å²) >= 11 is 6.12. The fraction of sp³-hybridized carbons (Fsp3) is 0.188. The summed E-state index contributed by atoms with van der Waals surface area (Å²) in [5, 5.41) is 8.15. The third kappa shape index (κ3) is 3.33. The Hall–Kier alpha value is -2.44. The Morgan fingerprint density at radius 1 is 1.39 bits per heavy atom. The van der Waals surface area contributed by atoms with Gasteiger partial charge in [0.2, 0.25) is 0 Å². The van der Waals surface area contributed by atoms with Crippen LogP contribution in [0.15, 0.2) is 42.7 Å². The molecule has 23 heavy (non-hydrogen) atoms. The number of nitrogens with zero attached hydrogens (tertiary/aromatic N) is 2. The van der Waals surface area contributed by atoms with E-state index in [1.54, 1.807) is 19.4 Å². The molecule has 2 N–H and O–H groups in total. The number of hydrogen-bond donors (Lipinski definition) is 2. The maximum Gasteiger partial charge on any atom is 0.325 e. The molecule has 0 aliphatic rings. The number of fused-ring (bicyclic) bond motifs is 1. The smallest absolute Gasteiger partial charge is 0.325 e. The van der Waals surface area contributed by atoms with E-state index < -0.39 is 0 Å². The number of hydroxylamine groups is 1. The van der Waals surface area contributed by atoms with E-state index >= 15 is 0 Å². The second-order valence-electron chi connectivity index (χ2n) is 5.04. The van der Waals surface area contributed by atoms with Gasteiger partial charge in [-0.05, 0) is 29.3 Å². The Morgan fingerprint density at radius 2 is 2.26 bits per heavy atom. The van der Waals surface area contributed by atoms with Gasteiger partial charge in [-0.1, -0.05) is 23.7 Å². The number of aromatic nitrogens is 3. The maximum atomic E-state index is 11.9. The molecule has 7 heteroatoms. The summed E-state index contributed by atoms with van der Waals surface area (Å²) < 4.78 is 0. The largest absolute Gasteiger partial charge is 0.371 e. The molecule has 3 rings (SSSR count). The zero-order chi connectivity index (χ0) is 16.2. The van der Waals surface area contributed by atoms with Crippen molar-refractivity contribution in [3.8, 4) is 0 Å². The SMILES string of the molecule is CNOC(=O)CC(c1cccnc1)c1ccc2n[nH]c(Cl)c2c1. The highest BCUT2D eigenvalue weighted by Crippen LogP contribution is 2.31. The van der Waals surface area contributed by atoms with E-state index in [0.29, 0.717) is 5.15 Å². The summed E-state index contributed by atoms with van der Waals surface area (Å²) in [5.74, 6) is -0.528. The predicted octanol–water partition coefficient (Wildman–Crippen LogP) is 2.81. The topological polar surface area (TPSA) is 79.9 Å². The highest BCUT2D eigenvalue weighted by atomic mass is 35.5. The highest BCUT2D eigenvalue weighted by Gasteiger charge is 2.20. The zero-order valence-electron chi connectivity index (χ0n) is 12.4. The molecule has 6 nitrogen and oxygen atoms in total. The molecule has 0 fully saturated rings. The van der Waals surface area contributed by atoms with Crippen LogP contribution in [-0.2, 0) is 9.63 Å². The molecule has 1 aromatic carbocycles. The van der Waals surface area contributed by atoms with Gasteiger partial charge in [0.25, 0.3) is 0 Å². The van der Waals surface area contributed by atoms with E-state index in [4.69, 9.17) is 16.4 Å². The van der Waals surface area contributed by atoms with Crippen LogP contribution in [0, 0.1) is 0 Å². The van der Waals surface area contributed by atoms with Crippen LogP contribution >= 0.6 is 11.6 Å². The van der Waals surface area contributed by atoms with Crippen LogP contribution in [0.2, 0.25) is 5.15 Å². The Labute approximate surface area is 137 Å². The van der Waals surface area contributed by atoms with Crippen LogP contribution in [0.3, 0.4) is 0 Å². The van der Waals surface area contributed by atoms with Crippen molar-refractivity contribution < 1.29 is 9.63 Å². The van der Waals surface area contributed by atoms with Crippen LogP contribution in [0.4, 0.5) is 0 Å². The molecule has 0 aliphatic carbocycles. The molecule has 1 unspecified atom stereocenters. The van der Waals surface area contributed by atoms with Crippen LogP contribution in [0.1, 0.15) is 23.5 Å². The van der Waals surface area contributed by atoms with Crippen molar-refractivity contribution in [2.24, 2.45) is 0 Å². The Kier molecular flexibility index (Phi) is 4.55. The number of carbonyl (C=O) groups excluding carboxylic acids is 1. The quantitative estimate of drug-likeness (QED) is 0.703. The average molecular weight is 331 g/mol. The number of H-pyrrole nitrogens is 1. The molecule has 2 heterocycles. The molecule has 0 aliphatic heterocycles. The molecule has 1 atom stereocenters. The lowest BCUT2D eigenvalue weighted by molar-refractivity contribution is -0.150. The van der Waals surface area contributed by atoms with Crippen LogP contribution in [0.25, 0.3) is 10.9 Å². The van der Waals surface area contributed by atoms with Gasteiger partial charge in [-0.2, -0.15) is 10.6 Å². The lowest BCUT2D eigenvalue weighted by Gasteiger charge is -2.16. The van der Waals surface area contributed by atoms with Gasteiger partial charge in [0, 0.05) is 30.7 Å². The van der Waals surface area contributed by atoms with Crippen molar-refractivity contribution in [1.82, 2.24) is 20.7 Å². The molecule has 0 amide bonds. The van der Waals surface area contributed by atoms with Gasteiger partial charge in [-0.3, -0.25) is 14.9 Å². The van der Waals surface area contributed by atoms with Gasteiger partial charge in [-0.25, -0.2) is 0 Å². The van der Waals surface area contributed by atoms with Gasteiger partial charge in [0.1, 0.15) is 5.15 Å². The summed E-state index contributed by atoms with van der Waals surface area (Å²) in [5.41, 5.74) is 5.06. The maximum absolute atomic E-state index is 11.9.